The van der Waals surface area contributed by atoms with Gasteiger partial charge in [0.05, 0.1) is 0 Å². The van der Waals surface area contributed by atoms with Crippen LogP contribution in [0, 0.1) is 11.8 Å². The molecule has 0 aromatic heterocycles. The first kappa shape index (κ1) is 11.1. The van der Waals surface area contributed by atoms with Crippen molar-refractivity contribution in [2.45, 2.75) is 45.1 Å². The zero-order valence-corrected chi connectivity index (χ0v) is 11.4. The van der Waals surface area contributed by atoms with Crippen molar-refractivity contribution in [1.29, 1.82) is 0 Å². The number of nitrogens with zero attached hydrogens (tertiary/aromatic N) is 1. The Labute approximate surface area is 105 Å². The number of likely N-dealkylation sites (N-methyl/N-ethyl adjacent to an activating group) is 1. The van der Waals surface area contributed by atoms with Crippen LogP contribution in [-0.2, 0) is 0 Å². The number of rotatable bonds is 0. The van der Waals surface area contributed by atoms with Gasteiger partial charge in [0.2, 0.25) is 0 Å². The minimum Gasteiger partial charge on any atom is -0.368 e. The Morgan fingerprint density at radius 3 is 2.65 bits per heavy atom. The molecule has 1 fully saturated rings. The molecule has 1 saturated carbocycles. The third-order valence-corrected chi connectivity index (χ3v) is 5.79. The predicted octanol–water partition coefficient (Wildman–Crippen LogP) is 4.04. The maximum Gasteiger partial charge on any atom is 0.0468 e. The second-order valence-corrected chi connectivity index (χ2v) is 6.24. The predicted molar refractivity (Wildman–Crippen MR) is 73.6 cm³/mol. The highest BCUT2D eigenvalue weighted by atomic mass is 15.2. The lowest BCUT2D eigenvalue weighted by Gasteiger charge is -2.50. The molecule has 1 aromatic rings. The van der Waals surface area contributed by atoms with Crippen molar-refractivity contribution in [2.75, 3.05) is 11.9 Å². The lowest BCUT2D eigenvalue weighted by molar-refractivity contribution is 0.139. The van der Waals surface area contributed by atoms with Crippen LogP contribution >= 0.6 is 0 Å². The summed E-state index contributed by atoms with van der Waals surface area (Å²) in [7, 11) is 2.29. The van der Waals surface area contributed by atoms with Crippen LogP contribution in [0.2, 0.25) is 0 Å². The van der Waals surface area contributed by atoms with Gasteiger partial charge in [-0.2, -0.15) is 0 Å². The summed E-state index contributed by atoms with van der Waals surface area (Å²) >= 11 is 0. The van der Waals surface area contributed by atoms with Gasteiger partial charge in [-0.25, -0.2) is 0 Å². The van der Waals surface area contributed by atoms with Gasteiger partial charge in [-0.1, -0.05) is 32.0 Å². The molecule has 1 aliphatic carbocycles. The van der Waals surface area contributed by atoms with Crippen LogP contribution in [0.15, 0.2) is 24.3 Å². The fraction of sp³-hybridized carbons (Fsp3) is 0.625. The number of fused-ring (bicyclic) bond motifs is 3. The topological polar surface area (TPSA) is 3.24 Å². The van der Waals surface area contributed by atoms with E-state index in [0.29, 0.717) is 5.54 Å². The molecule has 1 heteroatoms. The summed E-state index contributed by atoms with van der Waals surface area (Å²) in [6.45, 7) is 7.33. The Morgan fingerprint density at radius 2 is 1.88 bits per heavy atom. The van der Waals surface area contributed by atoms with Crippen molar-refractivity contribution < 1.29 is 0 Å². The van der Waals surface area contributed by atoms with Gasteiger partial charge in [0.1, 0.15) is 0 Å². The van der Waals surface area contributed by atoms with E-state index >= 15 is 0 Å². The van der Waals surface area contributed by atoms with Gasteiger partial charge >= 0.3 is 0 Å². The van der Waals surface area contributed by atoms with Crippen molar-refractivity contribution in [3.63, 3.8) is 0 Å². The van der Waals surface area contributed by atoms with E-state index in [2.05, 4.69) is 57.0 Å². The highest BCUT2D eigenvalue weighted by molar-refractivity contribution is 5.64. The van der Waals surface area contributed by atoms with Gasteiger partial charge < -0.3 is 4.90 Å². The molecule has 1 heterocycles. The number of benzene rings is 1. The molecule has 3 rings (SSSR count). The van der Waals surface area contributed by atoms with E-state index < -0.39 is 0 Å². The maximum atomic E-state index is 2.55. The highest BCUT2D eigenvalue weighted by Gasteiger charge is 2.52. The highest BCUT2D eigenvalue weighted by Crippen LogP contribution is 2.56. The molecule has 1 aliphatic heterocycles. The first-order valence-corrected chi connectivity index (χ1v) is 6.89. The van der Waals surface area contributed by atoms with Crippen LogP contribution < -0.4 is 4.90 Å². The van der Waals surface area contributed by atoms with E-state index in [4.69, 9.17) is 0 Å². The van der Waals surface area contributed by atoms with Gasteiger partial charge in [0.15, 0.2) is 0 Å². The second kappa shape index (κ2) is 3.51. The first-order chi connectivity index (χ1) is 8.06. The van der Waals surface area contributed by atoms with Crippen molar-refractivity contribution in [2.24, 2.45) is 11.8 Å². The number of hydrogen-bond acceptors (Lipinski definition) is 1. The van der Waals surface area contributed by atoms with Crippen LogP contribution in [0.4, 0.5) is 5.69 Å². The van der Waals surface area contributed by atoms with Crippen molar-refractivity contribution in [3.05, 3.63) is 29.8 Å². The van der Waals surface area contributed by atoms with E-state index in [0.717, 1.165) is 17.8 Å². The Bertz CT molecular complexity index is 439. The molecule has 92 valence electrons. The quantitative estimate of drug-likeness (QED) is 0.649. The molecule has 0 bridgehead atoms. The maximum absolute atomic E-state index is 2.55. The van der Waals surface area contributed by atoms with Gasteiger partial charge in [-0.3, -0.25) is 0 Å². The summed E-state index contributed by atoms with van der Waals surface area (Å²) in [5, 5.41) is 0. The molecule has 17 heavy (non-hydrogen) atoms. The largest absolute Gasteiger partial charge is 0.368 e. The zero-order chi connectivity index (χ0) is 12.2. The molecule has 0 N–H and O–H groups in total. The Hall–Kier alpha value is -0.980. The van der Waals surface area contributed by atoms with Gasteiger partial charge in [0, 0.05) is 24.2 Å². The summed E-state index contributed by atoms with van der Waals surface area (Å²) in [6, 6.07) is 8.99. The fourth-order valence-electron chi connectivity index (χ4n) is 4.22. The minimum atomic E-state index is 0.321. The third kappa shape index (κ3) is 1.26. The van der Waals surface area contributed by atoms with Gasteiger partial charge in [-0.15, -0.1) is 0 Å². The van der Waals surface area contributed by atoms with Crippen molar-refractivity contribution >= 4 is 5.69 Å². The Kier molecular flexibility index (Phi) is 2.30. The summed E-state index contributed by atoms with van der Waals surface area (Å²) < 4.78 is 0. The van der Waals surface area contributed by atoms with E-state index in [1.54, 1.807) is 5.56 Å². The SMILES string of the molecule is CC1CCC2c3ccccc3N(C)C2(C)C1C. The standard InChI is InChI=1S/C16H23N/c1-11-9-10-14-13-7-5-6-8-15(13)17(4)16(14,3)12(11)2/h5-8,11-12,14H,9-10H2,1-4H3. The normalized spacial score (nSPS) is 40.0. The number of anilines is 1. The average molecular weight is 229 g/mol. The molecule has 1 nitrogen and oxygen atoms in total. The average Bonchev–Trinajstić information content (AvgIpc) is 2.57. The first-order valence-electron chi connectivity index (χ1n) is 6.89. The smallest absolute Gasteiger partial charge is 0.0468 e. The summed E-state index contributed by atoms with van der Waals surface area (Å²) in [5.41, 5.74) is 3.36. The molecular formula is C16H23N. The number of para-hydroxylation sites is 1. The molecule has 4 unspecified atom stereocenters. The summed E-state index contributed by atoms with van der Waals surface area (Å²) in [4.78, 5) is 2.55. The van der Waals surface area contributed by atoms with Crippen LogP contribution in [0.1, 0.15) is 45.1 Å². The summed E-state index contributed by atoms with van der Waals surface area (Å²) in [5.74, 6) is 2.33. The van der Waals surface area contributed by atoms with Gasteiger partial charge in [0.25, 0.3) is 0 Å². The van der Waals surface area contributed by atoms with E-state index in [-0.39, 0.29) is 0 Å². The van der Waals surface area contributed by atoms with Gasteiger partial charge in [-0.05, 0) is 43.2 Å². The second-order valence-electron chi connectivity index (χ2n) is 6.24. The van der Waals surface area contributed by atoms with Crippen LogP contribution in [-0.4, -0.2) is 12.6 Å². The van der Waals surface area contributed by atoms with E-state index in [1.165, 1.54) is 18.5 Å². The lowest BCUT2D eigenvalue weighted by Crippen LogP contribution is -2.53. The zero-order valence-electron chi connectivity index (χ0n) is 11.4. The summed E-state index contributed by atoms with van der Waals surface area (Å²) in [6.07, 6.45) is 2.73. The fourth-order valence-corrected chi connectivity index (χ4v) is 4.22. The number of hydrogen-bond donors (Lipinski definition) is 0. The molecule has 0 saturated heterocycles. The van der Waals surface area contributed by atoms with Crippen molar-refractivity contribution in [1.82, 2.24) is 0 Å². The minimum absolute atomic E-state index is 0.321. The monoisotopic (exact) mass is 229 g/mol. The molecule has 0 amide bonds. The molecule has 0 radical (unpaired) electrons. The van der Waals surface area contributed by atoms with Crippen LogP contribution in [0.3, 0.4) is 0 Å². The van der Waals surface area contributed by atoms with Crippen LogP contribution in [0.25, 0.3) is 0 Å². The molecule has 4 atom stereocenters. The Balaban J connectivity index is 2.13. The molecule has 1 aromatic carbocycles. The Morgan fingerprint density at radius 1 is 1.18 bits per heavy atom. The van der Waals surface area contributed by atoms with E-state index in [9.17, 15) is 0 Å². The van der Waals surface area contributed by atoms with Crippen LogP contribution in [0.5, 0.6) is 0 Å². The molecule has 2 aliphatic rings. The van der Waals surface area contributed by atoms with Crippen molar-refractivity contribution in [3.8, 4) is 0 Å². The third-order valence-electron chi connectivity index (χ3n) is 5.79. The molecule has 0 spiro atoms. The van der Waals surface area contributed by atoms with E-state index in [1.807, 2.05) is 0 Å². The molecular weight excluding hydrogens is 206 g/mol. The lowest BCUT2D eigenvalue weighted by atomic mass is 9.63.